The van der Waals surface area contributed by atoms with E-state index in [1.807, 2.05) is 13.0 Å². The van der Waals surface area contributed by atoms with Crippen LogP contribution in [-0.2, 0) is 4.79 Å². The van der Waals surface area contributed by atoms with Crippen LogP contribution < -0.4 is 4.90 Å². The number of carbonyl (C=O) groups is 1. The maximum Gasteiger partial charge on any atom is 0.254 e. The van der Waals surface area contributed by atoms with E-state index < -0.39 is 0 Å². The first-order valence-electron chi connectivity index (χ1n) is 6.57. The molecule has 0 spiro atoms. The second-order valence-corrected chi connectivity index (χ2v) is 5.11. The van der Waals surface area contributed by atoms with Crippen molar-refractivity contribution in [1.29, 1.82) is 0 Å². The minimum absolute atomic E-state index is 0.376. The molecule has 0 saturated heterocycles. The molecule has 2 aromatic rings. The molecular weight excluding hydrogens is 242 g/mol. The van der Waals surface area contributed by atoms with Crippen molar-refractivity contribution in [3.63, 3.8) is 0 Å². The lowest BCUT2D eigenvalue weighted by Gasteiger charge is -2.32. The first-order chi connectivity index (χ1) is 9.15. The van der Waals surface area contributed by atoms with Crippen LogP contribution in [0.2, 0.25) is 0 Å². The van der Waals surface area contributed by atoms with Crippen LogP contribution in [0, 0.1) is 6.92 Å². The molecule has 0 amide bonds. The van der Waals surface area contributed by atoms with Gasteiger partial charge in [0, 0.05) is 37.7 Å². The normalized spacial score (nSPS) is 17.1. The van der Waals surface area contributed by atoms with E-state index in [9.17, 15) is 4.79 Å². The summed E-state index contributed by atoms with van der Waals surface area (Å²) < 4.78 is 1.75. The van der Waals surface area contributed by atoms with Gasteiger partial charge in [0.25, 0.3) is 5.78 Å². The third-order valence-corrected chi connectivity index (χ3v) is 3.78. The SMILES string of the molecule is Cc1cc(N(C)C2CCC(=O)CC2)n2ncnc2n1. The monoisotopic (exact) mass is 259 g/mol. The molecule has 6 heteroatoms. The number of hydrogen-bond acceptors (Lipinski definition) is 5. The second-order valence-electron chi connectivity index (χ2n) is 5.11. The maximum atomic E-state index is 11.3. The zero-order chi connectivity index (χ0) is 13.4. The number of Topliss-reactive ketones (excluding diaryl/α,β-unsaturated/α-hetero) is 1. The Morgan fingerprint density at radius 2 is 2.11 bits per heavy atom. The summed E-state index contributed by atoms with van der Waals surface area (Å²) in [7, 11) is 2.05. The molecule has 0 aliphatic heterocycles. The van der Waals surface area contributed by atoms with Crippen molar-refractivity contribution < 1.29 is 4.79 Å². The number of hydrogen-bond donors (Lipinski definition) is 0. The second kappa shape index (κ2) is 4.60. The Labute approximate surface area is 111 Å². The van der Waals surface area contributed by atoms with Gasteiger partial charge < -0.3 is 4.90 Å². The van der Waals surface area contributed by atoms with E-state index in [0.29, 0.717) is 30.4 Å². The van der Waals surface area contributed by atoms with Gasteiger partial charge in [-0.3, -0.25) is 4.79 Å². The average molecular weight is 259 g/mol. The van der Waals surface area contributed by atoms with E-state index in [2.05, 4.69) is 27.0 Å². The van der Waals surface area contributed by atoms with E-state index in [0.717, 1.165) is 24.4 Å². The van der Waals surface area contributed by atoms with E-state index in [1.54, 1.807) is 4.52 Å². The van der Waals surface area contributed by atoms with Crippen LogP contribution in [0.3, 0.4) is 0 Å². The Hall–Kier alpha value is -1.98. The molecule has 0 radical (unpaired) electrons. The zero-order valence-corrected chi connectivity index (χ0v) is 11.2. The first-order valence-corrected chi connectivity index (χ1v) is 6.57. The number of fused-ring (bicyclic) bond motifs is 1. The lowest BCUT2D eigenvalue weighted by Crippen LogP contribution is -2.36. The van der Waals surface area contributed by atoms with Crippen molar-refractivity contribution in [3.05, 3.63) is 18.1 Å². The molecule has 1 aliphatic rings. The summed E-state index contributed by atoms with van der Waals surface area (Å²) in [4.78, 5) is 22.0. The first kappa shape index (κ1) is 12.1. The predicted molar refractivity (Wildman–Crippen MR) is 71.2 cm³/mol. The Morgan fingerprint density at radius 1 is 1.37 bits per heavy atom. The molecule has 0 aromatic carbocycles. The van der Waals surface area contributed by atoms with Crippen LogP contribution in [0.4, 0.5) is 5.82 Å². The zero-order valence-electron chi connectivity index (χ0n) is 11.2. The molecule has 1 aliphatic carbocycles. The lowest BCUT2D eigenvalue weighted by molar-refractivity contribution is -0.120. The van der Waals surface area contributed by atoms with Crippen LogP contribution in [0.25, 0.3) is 5.78 Å². The largest absolute Gasteiger partial charge is 0.356 e. The highest BCUT2D eigenvalue weighted by atomic mass is 16.1. The molecule has 19 heavy (non-hydrogen) atoms. The Kier molecular flexibility index (Phi) is 2.93. The number of carbonyl (C=O) groups excluding carboxylic acids is 1. The van der Waals surface area contributed by atoms with Gasteiger partial charge in [0.05, 0.1) is 0 Å². The van der Waals surface area contributed by atoms with Crippen LogP contribution in [0.15, 0.2) is 12.4 Å². The Morgan fingerprint density at radius 3 is 2.84 bits per heavy atom. The van der Waals surface area contributed by atoms with Gasteiger partial charge in [-0.05, 0) is 19.8 Å². The molecule has 1 fully saturated rings. The molecule has 0 bridgehead atoms. The highest BCUT2D eigenvalue weighted by molar-refractivity contribution is 5.79. The maximum absolute atomic E-state index is 11.3. The molecule has 3 rings (SSSR count). The summed E-state index contributed by atoms with van der Waals surface area (Å²) in [5.41, 5.74) is 0.925. The van der Waals surface area contributed by atoms with E-state index >= 15 is 0 Å². The van der Waals surface area contributed by atoms with Gasteiger partial charge in [-0.25, -0.2) is 4.98 Å². The lowest BCUT2D eigenvalue weighted by atomic mass is 9.93. The van der Waals surface area contributed by atoms with Gasteiger partial charge in [-0.2, -0.15) is 14.6 Å². The fraction of sp³-hybridized carbons (Fsp3) is 0.538. The van der Waals surface area contributed by atoms with E-state index in [1.165, 1.54) is 6.33 Å². The molecule has 2 heterocycles. The number of aryl methyl sites for hydroxylation is 1. The minimum atomic E-state index is 0.376. The quantitative estimate of drug-likeness (QED) is 0.815. The summed E-state index contributed by atoms with van der Waals surface area (Å²) in [6.45, 7) is 1.95. The standard InChI is InChI=1S/C13H17N5O/c1-9-7-12(18-13(16-9)14-8-15-18)17(2)10-3-5-11(19)6-4-10/h7-8,10H,3-6H2,1-2H3. The Bertz CT molecular complexity index is 611. The minimum Gasteiger partial charge on any atom is -0.356 e. The number of nitrogens with zero attached hydrogens (tertiary/aromatic N) is 5. The highest BCUT2D eigenvalue weighted by Crippen LogP contribution is 2.24. The number of anilines is 1. The topological polar surface area (TPSA) is 63.4 Å². The van der Waals surface area contributed by atoms with Crippen molar-refractivity contribution in [2.45, 2.75) is 38.6 Å². The number of rotatable bonds is 2. The van der Waals surface area contributed by atoms with Gasteiger partial charge in [0.1, 0.15) is 17.9 Å². The molecular formula is C13H17N5O. The molecule has 100 valence electrons. The van der Waals surface area contributed by atoms with Gasteiger partial charge in [-0.15, -0.1) is 0 Å². The van der Waals surface area contributed by atoms with E-state index in [-0.39, 0.29) is 0 Å². The van der Waals surface area contributed by atoms with E-state index in [4.69, 9.17) is 0 Å². The smallest absolute Gasteiger partial charge is 0.254 e. The summed E-state index contributed by atoms with van der Waals surface area (Å²) >= 11 is 0. The fourth-order valence-corrected chi connectivity index (χ4v) is 2.66. The number of ketones is 1. The summed E-state index contributed by atoms with van der Waals surface area (Å²) in [5, 5.41) is 4.23. The third kappa shape index (κ3) is 2.18. The summed E-state index contributed by atoms with van der Waals surface area (Å²) in [5.74, 6) is 1.98. The summed E-state index contributed by atoms with van der Waals surface area (Å²) in [6.07, 6.45) is 4.70. The van der Waals surface area contributed by atoms with Crippen molar-refractivity contribution >= 4 is 17.4 Å². The summed E-state index contributed by atoms with van der Waals surface area (Å²) in [6, 6.07) is 2.39. The molecule has 0 atom stereocenters. The van der Waals surface area contributed by atoms with Crippen molar-refractivity contribution in [3.8, 4) is 0 Å². The van der Waals surface area contributed by atoms with Crippen LogP contribution in [0.5, 0.6) is 0 Å². The molecule has 0 unspecified atom stereocenters. The van der Waals surface area contributed by atoms with Crippen LogP contribution in [0.1, 0.15) is 31.4 Å². The fourth-order valence-electron chi connectivity index (χ4n) is 2.66. The third-order valence-electron chi connectivity index (χ3n) is 3.78. The van der Waals surface area contributed by atoms with Crippen molar-refractivity contribution in [2.24, 2.45) is 0 Å². The molecule has 1 saturated carbocycles. The van der Waals surface area contributed by atoms with Gasteiger partial charge in [0.2, 0.25) is 0 Å². The number of aromatic nitrogens is 4. The van der Waals surface area contributed by atoms with Crippen LogP contribution in [-0.4, -0.2) is 38.5 Å². The molecule has 2 aromatic heterocycles. The molecule has 0 N–H and O–H groups in total. The predicted octanol–water partition coefficient (Wildman–Crippen LogP) is 1.38. The average Bonchev–Trinajstić information content (AvgIpc) is 2.85. The van der Waals surface area contributed by atoms with Crippen molar-refractivity contribution in [1.82, 2.24) is 19.6 Å². The van der Waals surface area contributed by atoms with Gasteiger partial charge in [0.15, 0.2) is 0 Å². The molecule has 6 nitrogen and oxygen atoms in total. The Balaban J connectivity index is 1.94. The van der Waals surface area contributed by atoms with Gasteiger partial charge >= 0.3 is 0 Å². The van der Waals surface area contributed by atoms with Crippen LogP contribution >= 0.6 is 0 Å². The highest BCUT2D eigenvalue weighted by Gasteiger charge is 2.24. The van der Waals surface area contributed by atoms with Gasteiger partial charge in [-0.1, -0.05) is 0 Å². The van der Waals surface area contributed by atoms with Crippen molar-refractivity contribution in [2.75, 3.05) is 11.9 Å².